The average Bonchev–Trinajstić information content (AvgIpc) is 2.35. The summed E-state index contributed by atoms with van der Waals surface area (Å²) in [6.07, 6.45) is 5.13. The van der Waals surface area contributed by atoms with Gasteiger partial charge >= 0.3 is 0 Å². The van der Waals surface area contributed by atoms with E-state index in [1.807, 2.05) is 0 Å². The Morgan fingerprint density at radius 1 is 1.17 bits per heavy atom. The third-order valence-corrected chi connectivity index (χ3v) is 2.75. The van der Waals surface area contributed by atoms with Crippen LogP contribution in [0.1, 0.15) is 46.5 Å². The summed E-state index contributed by atoms with van der Waals surface area (Å²) in [4.78, 5) is 0. The van der Waals surface area contributed by atoms with Crippen LogP contribution in [0.15, 0.2) is 0 Å². The van der Waals surface area contributed by atoms with Crippen LogP contribution < -0.4 is 5.73 Å². The van der Waals surface area contributed by atoms with Gasteiger partial charge in [-0.05, 0) is 33.6 Å². The van der Waals surface area contributed by atoms with Crippen LogP contribution in [0.3, 0.4) is 0 Å². The molecule has 0 heterocycles. The fourth-order valence-electron chi connectivity index (χ4n) is 2.12. The van der Waals surface area contributed by atoms with E-state index in [9.17, 15) is 0 Å². The lowest BCUT2D eigenvalue weighted by molar-refractivity contribution is -0.0878. The molecule has 1 atom stereocenters. The lowest BCUT2D eigenvalue weighted by Gasteiger charge is -2.35. The zero-order chi connectivity index (χ0) is 9.19. The SMILES string of the molecule is CC(C)OC1(C(C)N)CCCC1. The van der Waals surface area contributed by atoms with Crippen molar-refractivity contribution in [2.75, 3.05) is 0 Å². The van der Waals surface area contributed by atoms with E-state index in [0.717, 1.165) is 12.8 Å². The van der Waals surface area contributed by atoms with Crippen LogP contribution in [0, 0.1) is 0 Å². The van der Waals surface area contributed by atoms with E-state index < -0.39 is 0 Å². The lowest BCUT2D eigenvalue weighted by atomic mass is 9.94. The highest BCUT2D eigenvalue weighted by Crippen LogP contribution is 2.36. The minimum atomic E-state index is -0.00579. The molecule has 1 saturated carbocycles. The third kappa shape index (κ3) is 1.99. The summed E-state index contributed by atoms with van der Waals surface area (Å²) in [5, 5.41) is 0. The van der Waals surface area contributed by atoms with Gasteiger partial charge in [-0.3, -0.25) is 0 Å². The molecule has 0 bridgehead atoms. The number of hydrogen-bond acceptors (Lipinski definition) is 2. The van der Waals surface area contributed by atoms with Crippen LogP contribution in [-0.2, 0) is 4.74 Å². The summed E-state index contributed by atoms with van der Waals surface area (Å²) in [5.74, 6) is 0. The molecule has 2 nitrogen and oxygen atoms in total. The van der Waals surface area contributed by atoms with Crippen LogP contribution in [0.2, 0.25) is 0 Å². The smallest absolute Gasteiger partial charge is 0.0833 e. The largest absolute Gasteiger partial charge is 0.371 e. The van der Waals surface area contributed by atoms with E-state index in [1.54, 1.807) is 0 Å². The summed E-state index contributed by atoms with van der Waals surface area (Å²) < 4.78 is 5.94. The summed E-state index contributed by atoms with van der Waals surface area (Å²) in [5.41, 5.74) is 5.95. The Hall–Kier alpha value is -0.0800. The van der Waals surface area contributed by atoms with Crippen molar-refractivity contribution in [2.45, 2.75) is 64.2 Å². The maximum absolute atomic E-state index is 5.96. The van der Waals surface area contributed by atoms with Crippen molar-refractivity contribution < 1.29 is 4.74 Å². The number of nitrogens with two attached hydrogens (primary N) is 1. The predicted molar refractivity (Wildman–Crippen MR) is 51.1 cm³/mol. The molecule has 1 aliphatic carbocycles. The molecule has 2 N–H and O–H groups in total. The highest BCUT2D eigenvalue weighted by Gasteiger charge is 2.38. The van der Waals surface area contributed by atoms with E-state index >= 15 is 0 Å². The molecule has 0 aromatic carbocycles. The Kier molecular flexibility index (Phi) is 3.13. The van der Waals surface area contributed by atoms with E-state index in [-0.39, 0.29) is 11.6 Å². The second kappa shape index (κ2) is 3.75. The van der Waals surface area contributed by atoms with Gasteiger partial charge in [0.2, 0.25) is 0 Å². The molecule has 1 unspecified atom stereocenters. The lowest BCUT2D eigenvalue weighted by Crippen LogP contribution is -2.47. The Balaban J connectivity index is 2.59. The number of ether oxygens (including phenoxy) is 1. The van der Waals surface area contributed by atoms with Crippen LogP contribution in [0.5, 0.6) is 0 Å². The zero-order valence-corrected chi connectivity index (χ0v) is 8.47. The van der Waals surface area contributed by atoms with E-state index in [2.05, 4.69) is 20.8 Å². The minimum absolute atomic E-state index is 0.00579. The topological polar surface area (TPSA) is 35.2 Å². The van der Waals surface area contributed by atoms with Crippen molar-refractivity contribution in [2.24, 2.45) is 5.73 Å². The van der Waals surface area contributed by atoms with Crippen molar-refractivity contribution in [3.05, 3.63) is 0 Å². The summed E-state index contributed by atoms with van der Waals surface area (Å²) in [7, 11) is 0. The first kappa shape index (κ1) is 10.0. The van der Waals surface area contributed by atoms with Gasteiger partial charge in [0.25, 0.3) is 0 Å². The molecule has 0 aromatic rings. The molecule has 0 radical (unpaired) electrons. The van der Waals surface area contributed by atoms with E-state index in [4.69, 9.17) is 10.5 Å². The Morgan fingerprint density at radius 2 is 1.67 bits per heavy atom. The standard InChI is InChI=1S/C10H21NO/c1-8(2)12-10(9(3)11)6-4-5-7-10/h8-9H,4-7,11H2,1-3H3. The van der Waals surface area contributed by atoms with Gasteiger partial charge < -0.3 is 10.5 Å². The van der Waals surface area contributed by atoms with Crippen LogP contribution >= 0.6 is 0 Å². The Labute approximate surface area is 75.5 Å². The molecule has 0 amide bonds. The van der Waals surface area contributed by atoms with Crippen LogP contribution in [0.25, 0.3) is 0 Å². The molecule has 0 aromatic heterocycles. The summed E-state index contributed by atoms with van der Waals surface area (Å²) in [6, 6.07) is 0.169. The first-order valence-corrected chi connectivity index (χ1v) is 5.00. The van der Waals surface area contributed by atoms with Gasteiger partial charge in [-0.2, -0.15) is 0 Å². The van der Waals surface area contributed by atoms with Crippen molar-refractivity contribution >= 4 is 0 Å². The van der Waals surface area contributed by atoms with Crippen molar-refractivity contribution in [3.8, 4) is 0 Å². The molecule has 2 heteroatoms. The first-order chi connectivity index (χ1) is 5.57. The Morgan fingerprint density at radius 3 is 2.00 bits per heavy atom. The first-order valence-electron chi connectivity index (χ1n) is 5.00. The second-order valence-electron chi connectivity index (χ2n) is 4.23. The van der Waals surface area contributed by atoms with Crippen molar-refractivity contribution in [3.63, 3.8) is 0 Å². The molecule has 1 fully saturated rings. The van der Waals surface area contributed by atoms with Gasteiger partial charge in [-0.15, -0.1) is 0 Å². The van der Waals surface area contributed by atoms with Crippen LogP contribution in [0.4, 0.5) is 0 Å². The van der Waals surface area contributed by atoms with Gasteiger partial charge in [-0.25, -0.2) is 0 Å². The molecule has 72 valence electrons. The molecular formula is C10H21NO. The Bertz CT molecular complexity index is 137. The fraction of sp³-hybridized carbons (Fsp3) is 1.00. The molecule has 12 heavy (non-hydrogen) atoms. The second-order valence-corrected chi connectivity index (χ2v) is 4.23. The highest BCUT2D eigenvalue weighted by atomic mass is 16.5. The summed E-state index contributed by atoms with van der Waals surface area (Å²) >= 11 is 0. The van der Waals surface area contributed by atoms with Crippen molar-refractivity contribution in [1.82, 2.24) is 0 Å². The average molecular weight is 171 g/mol. The van der Waals surface area contributed by atoms with Crippen molar-refractivity contribution in [1.29, 1.82) is 0 Å². The monoisotopic (exact) mass is 171 g/mol. The van der Waals surface area contributed by atoms with Gasteiger partial charge in [0.1, 0.15) is 0 Å². The predicted octanol–water partition coefficient (Wildman–Crippen LogP) is 2.07. The number of rotatable bonds is 3. The molecule has 1 rings (SSSR count). The van der Waals surface area contributed by atoms with E-state index in [1.165, 1.54) is 12.8 Å². The zero-order valence-electron chi connectivity index (χ0n) is 8.47. The fourth-order valence-corrected chi connectivity index (χ4v) is 2.12. The molecule has 0 aliphatic heterocycles. The van der Waals surface area contributed by atoms with Crippen LogP contribution in [-0.4, -0.2) is 17.7 Å². The molecule has 0 saturated heterocycles. The van der Waals surface area contributed by atoms with Gasteiger partial charge in [0.15, 0.2) is 0 Å². The maximum Gasteiger partial charge on any atom is 0.0833 e. The summed E-state index contributed by atoms with van der Waals surface area (Å²) in [6.45, 7) is 6.23. The normalized spacial score (nSPS) is 24.8. The van der Waals surface area contributed by atoms with Gasteiger partial charge in [-0.1, -0.05) is 12.8 Å². The minimum Gasteiger partial charge on any atom is -0.371 e. The van der Waals surface area contributed by atoms with E-state index in [0.29, 0.717) is 6.10 Å². The molecule has 1 aliphatic rings. The maximum atomic E-state index is 5.96. The number of hydrogen-bond donors (Lipinski definition) is 1. The van der Waals surface area contributed by atoms with Gasteiger partial charge in [0, 0.05) is 6.04 Å². The third-order valence-electron chi connectivity index (χ3n) is 2.75. The quantitative estimate of drug-likeness (QED) is 0.705. The molecular weight excluding hydrogens is 150 g/mol. The van der Waals surface area contributed by atoms with Gasteiger partial charge in [0.05, 0.1) is 11.7 Å². The highest BCUT2D eigenvalue weighted by molar-refractivity contribution is 4.93. The molecule has 0 spiro atoms.